The van der Waals surface area contributed by atoms with Crippen LogP contribution in [0.2, 0.25) is 0 Å². The second kappa shape index (κ2) is 3.75. The van der Waals surface area contributed by atoms with Crippen molar-refractivity contribution in [1.29, 1.82) is 5.41 Å². The van der Waals surface area contributed by atoms with E-state index in [1.807, 2.05) is 4.72 Å². The monoisotopic (exact) mass is 216 g/mol. The van der Waals surface area contributed by atoms with Gasteiger partial charge in [0.25, 0.3) is 0 Å². The van der Waals surface area contributed by atoms with Gasteiger partial charge in [-0.15, -0.1) is 0 Å². The predicted octanol–water partition coefficient (Wildman–Crippen LogP) is 1.19. The third-order valence-corrected chi connectivity index (χ3v) is 2.05. The highest BCUT2D eigenvalue weighted by atomic mass is 32.2. The largest absolute Gasteiger partial charge is 0.308 e. The van der Waals surface area contributed by atoms with Crippen molar-refractivity contribution in [1.82, 2.24) is 0 Å². The summed E-state index contributed by atoms with van der Waals surface area (Å²) in [6.45, 7) is 0. The lowest BCUT2D eigenvalue weighted by Gasteiger charge is -2.05. The van der Waals surface area contributed by atoms with Crippen molar-refractivity contribution in [3.05, 3.63) is 29.6 Å². The van der Waals surface area contributed by atoms with Gasteiger partial charge in [0.05, 0.1) is 11.9 Å². The van der Waals surface area contributed by atoms with Crippen LogP contribution in [-0.2, 0) is 10.0 Å². The van der Waals surface area contributed by atoms with Crippen molar-refractivity contribution in [2.45, 2.75) is 0 Å². The van der Waals surface area contributed by atoms with E-state index in [-0.39, 0.29) is 5.69 Å². The van der Waals surface area contributed by atoms with E-state index in [0.717, 1.165) is 18.5 Å². The topological polar surface area (TPSA) is 70.0 Å². The Hall–Kier alpha value is -1.43. The number of anilines is 1. The molecule has 0 aliphatic carbocycles. The van der Waals surface area contributed by atoms with Crippen LogP contribution >= 0.6 is 0 Å². The Morgan fingerprint density at radius 1 is 1.50 bits per heavy atom. The average Bonchev–Trinajstić information content (AvgIpc) is 2.06. The third kappa shape index (κ3) is 2.81. The molecule has 1 aromatic rings. The molecule has 14 heavy (non-hydrogen) atoms. The first kappa shape index (κ1) is 10.6. The van der Waals surface area contributed by atoms with Gasteiger partial charge in [0.15, 0.2) is 0 Å². The molecule has 0 radical (unpaired) electrons. The maximum Gasteiger partial charge on any atom is 0.229 e. The van der Waals surface area contributed by atoms with Gasteiger partial charge < -0.3 is 5.41 Å². The Morgan fingerprint density at radius 2 is 2.14 bits per heavy atom. The number of sulfonamides is 1. The molecule has 4 nitrogen and oxygen atoms in total. The lowest BCUT2D eigenvalue weighted by Crippen LogP contribution is -2.10. The van der Waals surface area contributed by atoms with E-state index in [1.165, 1.54) is 12.1 Å². The fourth-order valence-electron chi connectivity index (χ4n) is 0.904. The molecule has 76 valence electrons. The lowest BCUT2D eigenvalue weighted by atomic mass is 10.2. The first-order chi connectivity index (χ1) is 6.42. The molecule has 0 saturated carbocycles. The molecular weight excluding hydrogens is 207 g/mol. The maximum absolute atomic E-state index is 13.1. The van der Waals surface area contributed by atoms with Gasteiger partial charge in [-0.2, -0.15) is 0 Å². The van der Waals surface area contributed by atoms with Crippen LogP contribution in [0.5, 0.6) is 0 Å². The molecule has 0 aliphatic heterocycles. The van der Waals surface area contributed by atoms with E-state index in [9.17, 15) is 12.8 Å². The molecule has 0 fully saturated rings. The van der Waals surface area contributed by atoms with Crippen LogP contribution in [0, 0.1) is 11.2 Å². The smallest absolute Gasteiger partial charge is 0.229 e. The van der Waals surface area contributed by atoms with Crippen LogP contribution in [0.4, 0.5) is 10.1 Å². The molecule has 0 amide bonds. The highest BCUT2D eigenvalue weighted by molar-refractivity contribution is 7.92. The Labute approximate surface area is 81.3 Å². The summed E-state index contributed by atoms with van der Waals surface area (Å²) in [6, 6.07) is 3.81. The molecule has 0 unspecified atom stereocenters. The molecule has 1 rings (SSSR count). The van der Waals surface area contributed by atoms with Crippen LogP contribution in [-0.4, -0.2) is 20.9 Å². The molecule has 0 heterocycles. The SMILES string of the molecule is CS(=O)(=O)Nc1ccc(C=N)cc1F. The van der Waals surface area contributed by atoms with Crippen LogP contribution in [0.1, 0.15) is 5.56 Å². The van der Waals surface area contributed by atoms with Gasteiger partial charge in [0.2, 0.25) is 10.0 Å². The van der Waals surface area contributed by atoms with Gasteiger partial charge in [-0.05, 0) is 17.7 Å². The molecule has 0 saturated heterocycles. The number of nitrogens with one attached hydrogen (secondary N) is 2. The average molecular weight is 216 g/mol. The number of rotatable bonds is 3. The number of benzene rings is 1. The minimum absolute atomic E-state index is 0.113. The molecular formula is C8H9FN2O2S. The molecule has 0 aromatic heterocycles. The second-order valence-electron chi connectivity index (χ2n) is 2.76. The molecule has 0 bridgehead atoms. The lowest BCUT2D eigenvalue weighted by molar-refractivity contribution is 0.603. The Bertz CT molecular complexity index is 456. The standard InChI is InChI=1S/C8H9FN2O2S/c1-14(12,13)11-8-3-2-6(5-10)4-7(8)9/h2-5,10-11H,1H3. The van der Waals surface area contributed by atoms with Crippen molar-refractivity contribution in [2.75, 3.05) is 11.0 Å². The third-order valence-electron chi connectivity index (χ3n) is 1.46. The summed E-state index contributed by atoms with van der Waals surface area (Å²) in [7, 11) is -3.47. The quantitative estimate of drug-likeness (QED) is 0.745. The van der Waals surface area contributed by atoms with E-state index in [0.29, 0.717) is 5.56 Å². The molecule has 0 atom stereocenters. The summed E-state index contributed by atoms with van der Waals surface area (Å²) in [6.07, 6.45) is 1.92. The molecule has 6 heteroatoms. The summed E-state index contributed by atoms with van der Waals surface area (Å²) in [5.41, 5.74) is 0.264. The van der Waals surface area contributed by atoms with Crippen LogP contribution in [0.3, 0.4) is 0 Å². The van der Waals surface area contributed by atoms with Gasteiger partial charge in [-0.25, -0.2) is 12.8 Å². The van der Waals surface area contributed by atoms with E-state index < -0.39 is 15.8 Å². The van der Waals surface area contributed by atoms with E-state index in [1.54, 1.807) is 0 Å². The minimum Gasteiger partial charge on any atom is -0.308 e. The van der Waals surface area contributed by atoms with Crippen molar-refractivity contribution in [3.8, 4) is 0 Å². The molecule has 2 N–H and O–H groups in total. The first-order valence-corrected chi connectivity index (χ1v) is 5.59. The summed E-state index contributed by atoms with van der Waals surface area (Å²) >= 11 is 0. The van der Waals surface area contributed by atoms with Crippen molar-refractivity contribution in [3.63, 3.8) is 0 Å². The van der Waals surface area contributed by atoms with Crippen molar-refractivity contribution in [2.24, 2.45) is 0 Å². The molecule has 0 aliphatic rings. The van der Waals surface area contributed by atoms with Crippen LogP contribution < -0.4 is 4.72 Å². The van der Waals surface area contributed by atoms with Gasteiger partial charge in [-0.3, -0.25) is 4.72 Å². The summed E-state index contributed by atoms with van der Waals surface area (Å²) < 4.78 is 36.7. The number of hydrogen-bond acceptors (Lipinski definition) is 3. The Balaban J connectivity index is 3.07. The van der Waals surface area contributed by atoms with Gasteiger partial charge >= 0.3 is 0 Å². The zero-order valence-electron chi connectivity index (χ0n) is 7.41. The van der Waals surface area contributed by atoms with Gasteiger partial charge in [0.1, 0.15) is 5.82 Å². The van der Waals surface area contributed by atoms with Gasteiger partial charge in [-0.1, -0.05) is 6.07 Å². The first-order valence-electron chi connectivity index (χ1n) is 3.70. The molecule has 0 spiro atoms. The highest BCUT2D eigenvalue weighted by Crippen LogP contribution is 2.15. The van der Waals surface area contributed by atoms with Gasteiger partial charge in [0, 0.05) is 6.21 Å². The highest BCUT2D eigenvalue weighted by Gasteiger charge is 2.07. The Kier molecular flexibility index (Phi) is 2.85. The maximum atomic E-state index is 13.1. The zero-order valence-corrected chi connectivity index (χ0v) is 8.23. The summed E-state index contributed by atoms with van der Waals surface area (Å²) in [5.74, 6) is -0.698. The normalized spacial score (nSPS) is 11.0. The van der Waals surface area contributed by atoms with Crippen LogP contribution in [0.25, 0.3) is 0 Å². The minimum atomic E-state index is -3.47. The predicted molar refractivity (Wildman–Crippen MR) is 52.8 cm³/mol. The summed E-state index contributed by atoms with van der Waals surface area (Å²) in [5, 5.41) is 6.86. The summed E-state index contributed by atoms with van der Waals surface area (Å²) in [4.78, 5) is 0. The fraction of sp³-hybridized carbons (Fsp3) is 0.125. The van der Waals surface area contributed by atoms with E-state index in [4.69, 9.17) is 5.41 Å². The van der Waals surface area contributed by atoms with Crippen molar-refractivity contribution >= 4 is 21.9 Å². The zero-order chi connectivity index (χ0) is 10.8. The Morgan fingerprint density at radius 3 is 2.57 bits per heavy atom. The number of hydrogen-bond donors (Lipinski definition) is 2. The number of halogens is 1. The van der Waals surface area contributed by atoms with Crippen LogP contribution in [0.15, 0.2) is 18.2 Å². The second-order valence-corrected chi connectivity index (χ2v) is 4.51. The van der Waals surface area contributed by atoms with Crippen molar-refractivity contribution < 1.29 is 12.8 Å². The van der Waals surface area contributed by atoms with E-state index in [2.05, 4.69) is 0 Å². The molecule has 1 aromatic carbocycles. The fourth-order valence-corrected chi connectivity index (χ4v) is 1.47. The van der Waals surface area contributed by atoms with E-state index >= 15 is 0 Å².